The van der Waals surface area contributed by atoms with Crippen molar-refractivity contribution in [2.45, 2.75) is 39.7 Å². The van der Waals surface area contributed by atoms with Crippen LogP contribution in [0.25, 0.3) is 0 Å². The number of amides is 1. The number of nitrogens with zero attached hydrogens (tertiary/aromatic N) is 1. The summed E-state index contributed by atoms with van der Waals surface area (Å²) < 4.78 is 0. The first-order chi connectivity index (χ1) is 9.98. The van der Waals surface area contributed by atoms with Crippen LogP contribution < -0.4 is 11.1 Å². The van der Waals surface area contributed by atoms with E-state index in [0.717, 1.165) is 30.8 Å². The number of likely N-dealkylation sites (tertiary alicyclic amines) is 1. The maximum atomic E-state index is 12.1. The predicted molar refractivity (Wildman–Crippen MR) is 87.0 cm³/mol. The van der Waals surface area contributed by atoms with E-state index in [1.807, 2.05) is 24.3 Å². The van der Waals surface area contributed by atoms with E-state index >= 15 is 0 Å². The van der Waals surface area contributed by atoms with Crippen LogP contribution in [-0.2, 0) is 11.3 Å². The third-order valence-electron chi connectivity index (χ3n) is 4.27. The molecule has 116 valence electrons. The van der Waals surface area contributed by atoms with Gasteiger partial charge in [-0.05, 0) is 55.5 Å². The number of benzene rings is 1. The number of hydrogen-bond acceptors (Lipinski definition) is 3. The van der Waals surface area contributed by atoms with Gasteiger partial charge in [-0.15, -0.1) is 0 Å². The summed E-state index contributed by atoms with van der Waals surface area (Å²) in [4.78, 5) is 14.4. The normalized spacial score (nSPS) is 19.0. The molecule has 1 saturated heterocycles. The summed E-state index contributed by atoms with van der Waals surface area (Å²) in [5.74, 6) is 0.0650. The number of carbonyl (C=O) groups excluding carboxylic acids is 1. The van der Waals surface area contributed by atoms with Gasteiger partial charge in [0.15, 0.2) is 0 Å². The molecule has 1 fully saturated rings. The summed E-state index contributed by atoms with van der Waals surface area (Å²) in [5.41, 5.74) is 7.89. The zero-order valence-electron chi connectivity index (χ0n) is 13.2. The molecule has 0 bridgehead atoms. The maximum absolute atomic E-state index is 12.1. The fourth-order valence-corrected chi connectivity index (χ4v) is 2.76. The summed E-state index contributed by atoms with van der Waals surface area (Å²) in [6.07, 6.45) is 3.57. The van der Waals surface area contributed by atoms with Crippen molar-refractivity contribution in [2.24, 2.45) is 11.1 Å². The number of nitrogens with two attached hydrogens (primary N) is 1. The van der Waals surface area contributed by atoms with Crippen LogP contribution in [0.2, 0.25) is 0 Å². The van der Waals surface area contributed by atoms with E-state index in [-0.39, 0.29) is 5.91 Å². The lowest BCUT2D eigenvalue weighted by atomic mass is 9.85. The molecule has 0 radical (unpaired) electrons. The van der Waals surface area contributed by atoms with E-state index in [2.05, 4.69) is 24.1 Å². The van der Waals surface area contributed by atoms with Crippen LogP contribution in [0.15, 0.2) is 24.3 Å². The first-order valence-corrected chi connectivity index (χ1v) is 7.80. The molecule has 0 spiro atoms. The molecule has 4 nitrogen and oxygen atoms in total. The third-order valence-corrected chi connectivity index (χ3v) is 4.27. The van der Waals surface area contributed by atoms with Gasteiger partial charge in [0.1, 0.15) is 0 Å². The highest BCUT2D eigenvalue weighted by Crippen LogP contribution is 2.29. The SMILES string of the molecule is CC1(C)CCCN(CC(=O)Nc2ccc(CN)cc2)CC1. The van der Waals surface area contributed by atoms with Gasteiger partial charge in [0.25, 0.3) is 0 Å². The summed E-state index contributed by atoms with van der Waals surface area (Å²) in [6.45, 7) is 7.66. The molecule has 21 heavy (non-hydrogen) atoms. The highest BCUT2D eigenvalue weighted by Gasteiger charge is 2.23. The number of carbonyl (C=O) groups is 1. The molecule has 1 aliphatic rings. The minimum Gasteiger partial charge on any atom is -0.326 e. The lowest BCUT2D eigenvalue weighted by molar-refractivity contribution is -0.117. The van der Waals surface area contributed by atoms with E-state index in [4.69, 9.17) is 5.73 Å². The van der Waals surface area contributed by atoms with Crippen molar-refractivity contribution in [3.05, 3.63) is 29.8 Å². The standard InChI is InChI=1S/C17H27N3O/c1-17(2)8-3-10-20(11-9-17)13-16(21)19-15-6-4-14(12-18)5-7-15/h4-7H,3,8-13,18H2,1-2H3,(H,19,21). The van der Waals surface area contributed by atoms with Gasteiger partial charge >= 0.3 is 0 Å². The second-order valence-electron chi connectivity index (χ2n) is 6.74. The van der Waals surface area contributed by atoms with Crippen LogP contribution in [0.3, 0.4) is 0 Å². The maximum Gasteiger partial charge on any atom is 0.238 e. The van der Waals surface area contributed by atoms with Crippen LogP contribution in [-0.4, -0.2) is 30.4 Å². The highest BCUT2D eigenvalue weighted by atomic mass is 16.2. The smallest absolute Gasteiger partial charge is 0.238 e. The Morgan fingerprint density at radius 1 is 1.24 bits per heavy atom. The summed E-state index contributed by atoms with van der Waals surface area (Å²) in [7, 11) is 0. The Morgan fingerprint density at radius 2 is 1.95 bits per heavy atom. The van der Waals surface area contributed by atoms with Crippen molar-refractivity contribution in [3.63, 3.8) is 0 Å². The number of rotatable bonds is 4. The van der Waals surface area contributed by atoms with E-state index in [0.29, 0.717) is 18.5 Å². The van der Waals surface area contributed by atoms with Gasteiger partial charge in [0.05, 0.1) is 6.54 Å². The van der Waals surface area contributed by atoms with Crippen LogP contribution in [0.4, 0.5) is 5.69 Å². The van der Waals surface area contributed by atoms with Gasteiger partial charge in [-0.1, -0.05) is 26.0 Å². The molecular weight excluding hydrogens is 262 g/mol. The first-order valence-electron chi connectivity index (χ1n) is 7.80. The van der Waals surface area contributed by atoms with Crippen molar-refractivity contribution in [2.75, 3.05) is 25.0 Å². The van der Waals surface area contributed by atoms with E-state index in [1.54, 1.807) is 0 Å². The number of nitrogens with one attached hydrogen (secondary N) is 1. The molecule has 1 aromatic rings. The van der Waals surface area contributed by atoms with E-state index in [1.165, 1.54) is 12.8 Å². The minimum atomic E-state index is 0.0650. The van der Waals surface area contributed by atoms with Crippen molar-refractivity contribution < 1.29 is 4.79 Å². The average molecular weight is 289 g/mol. The minimum absolute atomic E-state index is 0.0650. The second-order valence-corrected chi connectivity index (χ2v) is 6.74. The molecule has 1 heterocycles. The number of anilines is 1. The Bertz CT molecular complexity index is 467. The Morgan fingerprint density at radius 3 is 2.62 bits per heavy atom. The second kappa shape index (κ2) is 7.05. The molecule has 0 saturated carbocycles. The molecule has 3 N–H and O–H groups in total. The zero-order chi connectivity index (χ0) is 15.3. The van der Waals surface area contributed by atoms with Crippen molar-refractivity contribution in [1.82, 2.24) is 4.90 Å². The largest absolute Gasteiger partial charge is 0.326 e. The van der Waals surface area contributed by atoms with Gasteiger partial charge in [-0.3, -0.25) is 9.69 Å². The highest BCUT2D eigenvalue weighted by molar-refractivity contribution is 5.92. The summed E-state index contributed by atoms with van der Waals surface area (Å²) >= 11 is 0. The summed E-state index contributed by atoms with van der Waals surface area (Å²) in [6, 6.07) is 7.71. The van der Waals surface area contributed by atoms with E-state index in [9.17, 15) is 4.79 Å². The molecule has 0 aromatic heterocycles. The molecule has 1 aromatic carbocycles. The number of hydrogen-bond donors (Lipinski definition) is 2. The molecule has 4 heteroatoms. The van der Waals surface area contributed by atoms with Crippen LogP contribution in [0, 0.1) is 5.41 Å². The molecule has 0 unspecified atom stereocenters. The van der Waals surface area contributed by atoms with Gasteiger partial charge in [-0.25, -0.2) is 0 Å². The first kappa shape index (κ1) is 16.0. The third kappa shape index (κ3) is 5.14. The Kier molecular flexibility index (Phi) is 5.37. The quantitative estimate of drug-likeness (QED) is 0.895. The fourth-order valence-electron chi connectivity index (χ4n) is 2.76. The average Bonchev–Trinajstić information content (AvgIpc) is 2.61. The predicted octanol–water partition coefficient (Wildman–Crippen LogP) is 2.60. The van der Waals surface area contributed by atoms with Gasteiger partial charge in [0.2, 0.25) is 5.91 Å². The summed E-state index contributed by atoms with van der Waals surface area (Å²) in [5, 5.41) is 2.96. The topological polar surface area (TPSA) is 58.4 Å². The lowest BCUT2D eigenvalue weighted by Crippen LogP contribution is -2.34. The molecule has 1 aliphatic heterocycles. The molecule has 2 rings (SSSR count). The Hall–Kier alpha value is -1.39. The van der Waals surface area contributed by atoms with Gasteiger partial charge < -0.3 is 11.1 Å². The Labute approximate surface area is 127 Å². The van der Waals surface area contributed by atoms with Crippen LogP contribution in [0.1, 0.15) is 38.7 Å². The van der Waals surface area contributed by atoms with Crippen molar-refractivity contribution >= 4 is 11.6 Å². The van der Waals surface area contributed by atoms with Crippen LogP contribution >= 0.6 is 0 Å². The van der Waals surface area contributed by atoms with Gasteiger partial charge in [-0.2, -0.15) is 0 Å². The monoisotopic (exact) mass is 289 g/mol. The molecular formula is C17H27N3O. The molecule has 1 amide bonds. The lowest BCUT2D eigenvalue weighted by Gasteiger charge is -2.23. The van der Waals surface area contributed by atoms with Crippen molar-refractivity contribution in [3.8, 4) is 0 Å². The Balaban J connectivity index is 1.83. The van der Waals surface area contributed by atoms with E-state index < -0.39 is 0 Å². The van der Waals surface area contributed by atoms with Gasteiger partial charge in [0, 0.05) is 12.2 Å². The van der Waals surface area contributed by atoms with Crippen molar-refractivity contribution in [1.29, 1.82) is 0 Å². The fraction of sp³-hybridized carbons (Fsp3) is 0.588. The zero-order valence-corrected chi connectivity index (χ0v) is 13.2. The molecule has 0 atom stereocenters. The molecule has 0 aliphatic carbocycles. The van der Waals surface area contributed by atoms with Crippen LogP contribution in [0.5, 0.6) is 0 Å².